The Bertz CT molecular complexity index is 324. The molecule has 0 bridgehead atoms. The molecule has 0 aromatic heterocycles. The molecule has 0 heterocycles. The first-order chi connectivity index (χ1) is 9.30. The Morgan fingerprint density at radius 1 is 1.32 bits per heavy atom. The maximum atomic E-state index is 10.3. The van der Waals surface area contributed by atoms with Gasteiger partial charge in [-0.2, -0.15) is 0 Å². The lowest BCUT2D eigenvalue weighted by Gasteiger charge is -2.18. The molecule has 0 saturated heterocycles. The Balaban J connectivity index is 2.23. The number of ether oxygens (including phenoxy) is 1. The quantitative estimate of drug-likeness (QED) is 0.597. The molecule has 1 rings (SSSR count). The first kappa shape index (κ1) is 15.8. The normalized spacial score (nSPS) is 16.3. The summed E-state index contributed by atoms with van der Waals surface area (Å²) in [5.41, 5.74) is 2.24. The van der Waals surface area contributed by atoms with Crippen LogP contribution in [-0.2, 0) is 9.53 Å². The van der Waals surface area contributed by atoms with Gasteiger partial charge in [0.05, 0.1) is 0 Å². The molecule has 2 N–H and O–H groups in total. The van der Waals surface area contributed by atoms with E-state index >= 15 is 0 Å². The van der Waals surface area contributed by atoms with Gasteiger partial charge in [-0.1, -0.05) is 13.3 Å². The van der Waals surface area contributed by atoms with Gasteiger partial charge in [0.2, 0.25) is 6.41 Å². The highest BCUT2D eigenvalue weighted by atomic mass is 16.5. The zero-order valence-corrected chi connectivity index (χ0v) is 12.1. The van der Waals surface area contributed by atoms with Crippen molar-refractivity contribution < 1.29 is 9.53 Å². The van der Waals surface area contributed by atoms with E-state index in [4.69, 9.17) is 4.74 Å². The number of nitrogens with one attached hydrogen (secondary N) is 2. The largest absolute Gasteiger partial charge is 0.388 e. The first-order valence-corrected chi connectivity index (χ1v) is 7.21. The van der Waals surface area contributed by atoms with Crippen molar-refractivity contribution >= 4 is 6.41 Å². The van der Waals surface area contributed by atoms with E-state index in [-0.39, 0.29) is 0 Å². The average Bonchev–Trinajstić information content (AvgIpc) is 2.44. The highest BCUT2D eigenvalue weighted by Gasteiger charge is 2.08. The second-order valence-electron chi connectivity index (χ2n) is 4.80. The zero-order chi connectivity index (χ0) is 13.9. The van der Waals surface area contributed by atoms with Gasteiger partial charge in [-0.05, 0) is 44.3 Å². The standard InChI is InChI=1S/C15H26N2O2/c1-3-13(11-19-4-2)9-10-16-14-5-7-15(8-6-14)17-12-18/h5,7,12-13,16H,3-4,6,8-11H2,1-2H3,(H,17,18). The van der Waals surface area contributed by atoms with Gasteiger partial charge in [0, 0.05) is 31.2 Å². The molecule has 4 nitrogen and oxygen atoms in total. The van der Waals surface area contributed by atoms with Gasteiger partial charge in [0.15, 0.2) is 0 Å². The van der Waals surface area contributed by atoms with Gasteiger partial charge in [-0.25, -0.2) is 0 Å². The summed E-state index contributed by atoms with van der Waals surface area (Å²) < 4.78 is 5.48. The minimum Gasteiger partial charge on any atom is -0.388 e. The lowest BCUT2D eigenvalue weighted by molar-refractivity contribution is -0.109. The number of allylic oxidation sites excluding steroid dienone is 4. The Morgan fingerprint density at radius 3 is 2.63 bits per heavy atom. The second-order valence-corrected chi connectivity index (χ2v) is 4.80. The SMILES string of the molecule is CCOCC(CC)CCNC1=CC=C(NC=O)CC1. The molecule has 0 aromatic rings. The maximum absolute atomic E-state index is 10.3. The van der Waals surface area contributed by atoms with Crippen LogP contribution in [0, 0.1) is 5.92 Å². The van der Waals surface area contributed by atoms with Crippen molar-refractivity contribution in [3.63, 3.8) is 0 Å². The number of carbonyl (C=O) groups excluding carboxylic acids is 1. The third-order valence-electron chi connectivity index (χ3n) is 3.43. The lowest BCUT2D eigenvalue weighted by Crippen LogP contribution is -2.22. The summed E-state index contributed by atoms with van der Waals surface area (Å²) in [5.74, 6) is 0.638. The molecule has 1 aliphatic rings. The molecule has 1 aliphatic carbocycles. The van der Waals surface area contributed by atoms with Crippen molar-refractivity contribution in [3.8, 4) is 0 Å². The molecule has 1 amide bonds. The van der Waals surface area contributed by atoms with Crippen molar-refractivity contribution in [2.24, 2.45) is 5.92 Å². The third kappa shape index (κ3) is 6.43. The van der Waals surface area contributed by atoms with E-state index in [0.29, 0.717) is 5.92 Å². The molecule has 1 atom stereocenters. The lowest BCUT2D eigenvalue weighted by atomic mass is 10.0. The summed E-state index contributed by atoms with van der Waals surface area (Å²) in [7, 11) is 0. The van der Waals surface area contributed by atoms with Crippen LogP contribution in [0.2, 0.25) is 0 Å². The Labute approximate surface area is 116 Å². The van der Waals surface area contributed by atoms with Crippen LogP contribution in [0.25, 0.3) is 0 Å². The van der Waals surface area contributed by atoms with Gasteiger partial charge in [0.25, 0.3) is 0 Å². The molecule has 0 saturated carbocycles. The van der Waals surface area contributed by atoms with Crippen LogP contribution in [0.15, 0.2) is 23.5 Å². The number of hydrogen-bond acceptors (Lipinski definition) is 3. The Hall–Kier alpha value is -1.29. The van der Waals surface area contributed by atoms with Crippen LogP contribution < -0.4 is 10.6 Å². The number of hydrogen-bond donors (Lipinski definition) is 2. The monoisotopic (exact) mass is 266 g/mol. The highest BCUT2D eigenvalue weighted by Crippen LogP contribution is 2.15. The fourth-order valence-electron chi connectivity index (χ4n) is 2.11. The predicted octanol–water partition coefficient (Wildman–Crippen LogP) is 2.34. The van der Waals surface area contributed by atoms with E-state index in [1.165, 1.54) is 5.70 Å². The topological polar surface area (TPSA) is 50.4 Å². The molecular formula is C15H26N2O2. The van der Waals surface area contributed by atoms with Crippen molar-refractivity contribution in [2.75, 3.05) is 19.8 Å². The van der Waals surface area contributed by atoms with E-state index in [1.54, 1.807) is 0 Å². The van der Waals surface area contributed by atoms with Crippen LogP contribution >= 0.6 is 0 Å². The molecule has 0 radical (unpaired) electrons. The predicted molar refractivity (Wildman–Crippen MR) is 77.5 cm³/mol. The maximum Gasteiger partial charge on any atom is 0.211 e. The molecule has 0 spiro atoms. The smallest absolute Gasteiger partial charge is 0.211 e. The van der Waals surface area contributed by atoms with E-state index in [9.17, 15) is 4.79 Å². The summed E-state index contributed by atoms with van der Waals surface area (Å²) in [5, 5.41) is 6.17. The van der Waals surface area contributed by atoms with E-state index in [2.05, 4.69) is 23.6 Å². The molecular weight excluding hydrogens is 240 g/mol. The summed E-state index contributed by atoms with van der Waals surface area (Å²) in [6, 6.07) is 0. The van der Waals surface area contributed by atoms with Crippen molar-refractivity contribution in [1.29, 1.82) is 0 Å². The first-order valence-electron chi connectivity index (χ1n) is 7.21. The van der Waals surface area contributed by atoms with Gasteiger partial charge in [0.1, 0.15) is 0 Å². The number of carbonyl (C=O) groups is 1. The van der Waals surface area contributed by atoms with E-state index in [1.807, 2.05) is 13.0 Å². The Morgan fingerprint density at radius 2 is 2.05 bits per heavy atom. The molecule has 0 aromatic carbocycles. The fourth-order valence-corrected chi connectivity index (χ4v) is 2.11. The average molecular weight is 266 g/mol. The van der Waals surface area contributed by atoms with Crippen LogP contribution in [0.1, 0.15) is 39.5 Å². The number of rotatable bonds is 10. The van der Waals surface area contributed by atoms with Gasteiger partial charge in [-0.15, -0.1) is 0 Å². The van der Waals surface area contributed by atoms with Gasteiger partial charge < -0.3 is 15.4 Å². The second kappa shape index (κ2) is 9.62. The van der Waals surface area contributed by atoms with Crippen molar-refractivity contribution in [2.45, 2.75) is 39.5 Å². The van der Waals surface area contributed by atoms with Crippen LogP contribution in [0.5, 0.6) is 0 Å². The summed E-state index contributed by atoms with van der Waals surface area (Å²) >= 11 is 0. The van der Waals surface area contributed by atoms with E-state index < -0.39 is 0 Å². The fraction of sp³-hybridized carbons (Fsp3) is 0.667. The summed E-state index contributed by atoms with van der Waals surface area (Å²) in [4.78, 5) is 10.3. The third-order valence-corrected chi connectivity index (χ3v) is 3.43. The molecule has 0 fully saturated rings. The highest BCUT2D eigenvalue weighted by molar-refractivity contribution is 5.50. The molecule has 108 valence electrons. The van der Waals surface area contributed by atoms with Gasteiger partial charge >= 0.3 is 0 Å². The van der Waals surface area contributed by atoms with Crippen LogP contribution in [0.3, 0.4) is 0 Å². The minimum absolute atomic E-state index is 0.638. The summed E-state index contributed by atoms with van der Waals surface area (Å²) in [6.45, 7) is 6.90. The molecule has 0 aliphatic heterocycles. The minimum atomic E-state index is 0.638. The number of amides is 1. The molecule has 4 heteroatoms. The zero-order valence-electron chi connectivity index (χ0n) is 12.1. The Kier molecular flexibility index (Phi) is 7.98. The summed E-state index contributed by atoms with van der Waals surface area (Å²) in [6.07, 6.45) is 8.92. The van der Waals surface area contributed by atoms with Crippen LogP contribution in [-0.4, -0.2) is 26.2 Å². The molecule has 19 heavy (non-hydrogen) atoms. The van der Waals surface area contributed by atoms with E-state index in [0.717, 1.165) is 57.5 Å². The van der Waals surface area contributed by atoms with Crippen molar-refractivity contribution in [3.05, 3.63) is 23.5 Å². The van der Waals surface area contributed by atoms with Crippen molar-refractivity contribution in [1.82, 2.24) is 10.6 Å². The van der Waals surface area contributed by atoms with Crippen LogP contribution in [0.4, 0.5) is 0 Å². The molecule has 1 unspecified atom stereocenters. The van der Waals surface area contributed by atoms with Gasteiger partial charge in [-0.3, -0.25) is 4.79 Å².